The molecule has 2 N–H and O–H groups in total. The van der Waals surface area contributed by atoms with Gasteiger partial charge in [-0.2, -0.15) is 0 Å². The zero-order chi connectivity index (χ0) is 11.8. The van der Waals surface area contributed by atoms with Crippen LogP contribution in [-0.4, -0.2) is 19.1 Å². The molecule has 2 rings (SSSR count). The van der Waals surface area contributed by atoms with Crippen LogP contribution >= 0.6 is 0 Å². The summed E-state index contributed by atoms with van der Waals surface area (Å²) in [5.74, 6) is 0.723. The van der Waals surface area contributed by atoms with Crippen LogP contribution in [0.1, 0.15) is 25.3 Å². The Kier molecular flexibility index (Phi) is 2.94. The lowest BCUT2D eigenvalue weighted by Crippen LogP contribution is -2.48. The Morgan fingerprint density at radius 1 is 1.31 bits per heavy atom. The summed E-state index contributed by atoms with van der Waals surface area (Å²) in [6, 6.07) is 8.63. The third-order valence-corrected chi connectivity index (χ3v) is 3.56. The first-order valence-electron chi connectivity index (χ1n) is 6.06. The summed E-state index contributed by atoms with van der Waals surface area (Å²) in [4.78, 5) is 2.26. The first-order chi connectivity index (χ1) is 7.49. The van der Waals surface area contributed by atoms with Gasteiger partial charge in [-0.05, 0) is 44.7 Å². The van der Waals surface area contributed by atoms with Gasteiger partial charge in [0.1, 0.15) is 0 Å². The largest absolute Gasteiger partial charge is 0.373 e. The molecule has 0 bridgehead atoms. The number of rotatable bonds is 4. The van der Waals surface area contributed by atoms with Gasteiger partial charge in [-0.3, -0.25) is 0 Å². The highest BCUT2D eigenvalue weighted by atomic mass is 15.1. The van der Waals surface area contributed by atoms with Gasteiger partial charge in [0.2, 0.25) is 0 Å². The molecule has 1 unspecified atom stereocenters. The Labute approximate surface area is 98.4 Å². The number of hydrogen-bond acceptors (Lipinski definition) is 2. The predicted octanol–water partition coefficient (Wildman–Crippen LogP) is 2.56. The van der Waals surface area contributed by atoms with E-state index in [1.807, 2.05) is 0 Å². The van der Waals surface area contributed by atoms with Crippen LogP contribution in [0.3, 0.4) is 0 Å². The number of nitrogens with zero attached hydrogens (tertiary/aromatic N) is 1. The Bertz CT molecular complexity index is 350. The maximum absolute atomic E-state index is 6.35. The topological polar surface area (TPSA) is 29.3 Å². The Morgan fingerprint density at radius 2 is 1.88 bits per heavy atom. The molecule has 1 saturated carbocycles. The SMILES string of the molecule is Cc1ccc(N(C)CC(C)(N)C2CC2)cc1. The van der Waals surface area contributed by atoms with Crippen LogP contribution in [0.15, 0.2) is 24.3 Å². The van der Waals surface area contributed by atoms with Crippen molar-refractivity contribution in [2.45, 2.75) is 32.2 Å². The lowest BCUT2D eigenvalue weighted by molar-refractivity contribution is 0.412. The van der Waals surface area contributed by atoms with Gasteiger partial charge < -0.3 is 10.6 Å². The molecular formula is C14H22N2. The van der Waals surface area contributed by atoms with Gasteiger partial charge in [0.15, 0.2) is 0 Å². The van der Waals surface area contributed by atoms with Crippen LogP contribution in [0, 0.1) is 12.8 Å². The fourth-order valence-electron chi connectivity index (χ4n) is 2.27. The summed E-state index contributed by atoms with van der Waals surface area (Å²) in [5.41, 5.74) is 8.86. The van der Waals surface area contributed by atoms with Crippen LogP contribution in [0.25, 0.3) is 0 Å². The Balaban J connectivity index is 2.02. The highest BCUT2D eigenvalue weighted by Crippen LogP contribution is 2.38. The quantitative estimate of drug-likeness (QED) is 0.841. The second-order valence-corrected chi connectivity index (χ2v) is 5.47. The molecular weight excluding hydrogens is 196 g/mol. The van der Waals surface area contributed by atoms with E-state index in [0.29, 0.717) is 0 Å². The second kappa shape index (κ2) is 4.10. The first kappa shape index (κ1) is 11.5. The van der Waals surface area contributed by atoms with E-state index >= 15 is 0 Å². The third-order valence-electron chi connectivity index (χ3n) is 3.56. The summed E-state index contributed by atoms with van der Waals surface area (Å²) in [6.07, 6.45) is 2.60. The number of hydrogen-bond donors (Lipinski definition) is 1. The summed E-state index contributed by atoms with van der Waals surface area (Å²) < 4.78 is 0. The predicted molar refractivity (Wildman–Crippen MR) is 69.8 cm³/mol. The average Bonchev–Trinajstić information content (AvgIpc) is 3.01. The molecule has 0 heterocycles. The monoisotopic (exact) mass is 218 g/mol. The molecule has 2 heteroatoms. The van der Waals surface area contributed by atoms with Gasteiger partial charge in [-0.15, -0.1) is 0 Å². The van der Waals surface area contributed by atoms with Crippen LogP contribution in [-0.2, 0) is 0 Å². The smallest absolute Gasteiger partial charge is 0.0364 e. The normalized spacial score (nSPS) is 19.2. The fourth-order valence-corrected chi connectivity index (χ4v) is 2.27. The summed E-state index contributed by atoms with van der Waals surface area (Å²) in [7, 11) is 2.12. The molecule has 0 aromatic heterocycles. The molecule has 0 saturated heterocycles. The van der Waals surface area contributed by atoms with Crippen LogP contribution < -0.4 is 10.6 Å². The first-order valence-corrected chi connectivity index (χ1v) is 6.06. The van der Waals surface area contributed by atoms with Gasteiger partial charge in [-0.1, -0.05) is 17.7 Å². The maximum Gasteiger partial charge on any atom is 0.0364 e. The number of benzene rings is 1. The molecule has 1 aromatic rings. The van der Waals surface area contributed by atoms with Crippen molar-refractivity contribution in [1.29, 1.82) is 0 Å². The summed E-state index contributed by atoms with van der Waals surface area (Å²) in [5, 5.41) is 0. The Hall–Kier alpha value is -1.02. The maximum atomic E-state index is 6.35. The molecule has 2 nitrogen and oxygen atoms in total. The van der Waals surface area contributed by atoms with E-state index in [1.54, 1.807) is 0 Å². The van der Waals surface area contributed by atoms with Gasteiger partial charge in [0.25, 0.3) is 0 Å². The molecule has 0 aliphatic heterocycles. The van der Waals surface area contributed by atoms with Crippen LogP contribution in [0.4, 0.5) is 5.69 Å². The Morgan fingerprint density at radius 3 is 2.38 bits per heavy atom. The lowest BCUT2D eigenvalue weighted by atomic mass is 9.96. The molecule has 1 aliphatic rings. The zero-order valence-corrected chi connectivity index (χ0v) is 10.5. The molecule has 16 heavy (non-hydrogen) atoms. The van der Waals surface area contributed by atoms with Crippen LogP contribution in [0.2, 0.25) is 0 Å². The van der Waals surface area contributed by atoms with Crippen molar-refractivity contribution in [2.24, 2.45) is 11.7 Å². The van der Waals surface area contributed by atoms with E-state index in [-0.39, 0.29) is 5.54 Å². The third kappa shape index (κ3) is 2.56. The summed E-state index contributed by atoms with van der Waals surface area (Å²) in [6.45, 7) is 5.22. The molecule has 1 aromatic carbocycles. The minimum absolute atomic E-state index is 0.0420. The van der Waals surface area contributed by atoms with E-state index < -0.39 is 0 Å². The van der Waals surface area contributed by atoms with E-state index in [2.05, 4.69) is 50.1 Å². The van der Waals surface area contributed by atoms with Gasteiger partial charge in [-0.25, -0.2) is 0 Å². The van der Waals surface area contributed by atoms with Crippen molar-refractivity contribution in [3.05, 3.63) is 29.8 Å². The molecule has 0 spiro atoms. The summed E-state index contributed by atoms with van der Waals surface area (Å²) >= 11 is 0. The van der Waals surface area contributed by atoms with Gasteiger partial charge in [0.05, 0.1) is 0 Å². The zero-order valence-electron chi connectivity index (χ0n) is 10.5. The minimum atomic E-state index is -0.0420. The number of likely N-dealkylation sites (N-methyl/N-ethyl adjacent to an activating group) is 1. The fraction of sp³-hybridized carbons (Fsp3) is 0.571. The van der Waals surface area contributed by atoms with E-state index in [0.717, 1.165) is 12.5 Å². The molecule has 1 fully saturated rings. The number of nitrogens with two attached hydrogens (primary N) is 1. The van der Waals surface area contributed by atoms with Gasteiger partial charge >= 0.3 is 0 Å². The molecule has 88 valence electrons. The lowest BCUT2D eigenvalue weighted by Gasteiger charge is -2.31. The molecule has 1 atom stereocenters. The van der Waals surface area contributed by atoms with Crippen molar-refractivity contribution in [2.75, 3.05) is 18.5 Å². The highest BCUT2D eigenvalue weighted by Gasteiger charge is 2.38. The van der Waals surface area contributed by atoms with E-state index in [1.165, 1.54) is 24.1 Å². The van der Waals surface area contributed by atoms with Crippen molar-refractivity contribution in [1.82, 2.24) is 0 Å². The standard InChI is InChI=1S/C14H22N2/c1-11-4-8-13(9-5-11)16(3)10-14(2,15)12-6-7-12/h4-5,8-9,12H,6-7,10,15H2,1-3H3. The highest BCUT2D eigenvalue weighted by molar-refractivity contribution is 5.47. The second-order valence-electron chi connectivity index (χ2n) is 5.47. The van der Waals surface area contributed by atoms with Crippen LogP contribution in [0.5, 0.6) is 0 Å². The number of aryl methyl sites for hydroxylation is 1. The van der Waals surface area contributed by atoms with E-state index in [9.17, 15) is 0 Å². The minimum Gasteiger partial charge on any atom is -0.373 e. The molecule has 1 aliphatic carbocycles. The van der Waals surface area contributed by atoms with Gasteiger partial charge in [0, 0.05) is 24.8 Å². The average molecular weight is 218 g/mol. The van der Waals surface area contributed by atoms with Crippen molar-refractivity contribution in [3.63, 3.8) is 0 Å². The van der Waals surface area contributed by atoms with E-state index in [4.69, 9.17) is 5.73 Å². The van der Waals surface area contributed by atoms with Crippen molar-refractivity contribution in [3.8, 4) is 0 Å². The van der Waals surface area contributed by atoms with Crippen molar-refractivity contribution < 1.29 is 0 Å². The molecule has 0 radical (unpaired) electrons. The van der Waals surface area contributed by atoms with Crippen molar-refractivity contribution >= 4 is 5.69 Å². The number of anilines is 1. The molecule has 0 amide bonds.